The van der Waals surface area contributed by atoms with Gasteiger partial charge in [-0.25, -0.2) is 0 Å². The predicted octanol–water partition coefficient (Wildman–Crippen LogP) is 2.49. The van der Waals surface area contributed by atoms with Gasteiger partial charge in [-0.1, -0.05) is 0 Å². The normalized spacial score (nSPS) is 10.7. The van der Waals surface area contributed by atoms with E-state index in [1.165, 1.54) is 11.2 Å². The van der Waals surface area contributed by atoms with E-state index >= 15 is 0 Å². The Morgan fingerprint density at radius 3 is 2.89 bits per heavy atom. The van der Waals surface area contributed by atoms with Gasteiger partial charge in [0.2, 0.25) is 0 Å². The molecule has 0 aliphatic rings. The van der Waals surface area contributed by atoms with Crippen molar-refractivity contribution in [1.29, 1.82) is 5.26 Å². The third-order valence-corrected chi connectivity index (χ3v) is 3.43. The van der Waals surface area contributed by atoms with Gasteiger partial charge in [0.1, 0.15) is 0 Å². The molecule has 4 nitrogen and oxygen atoms in total. The van der Waals surface area contributed by atoms with Gasteiger partial charge in [0, 0.05) is 49.0 Å². The van der Waals surface area contributed by atoms with Crippen LogP contribution in [0.5, 0.6) is 0 Å². The molecule has 0 aliphatic heterocycles. The average Bonchev–Trinajstić information content (AvgIpc) is 3.02. The van der Waals surface area contributed by atoms with Crippen molar-refractivity contribution in [3.63, 3.8) is 0 Å². The predicted molar refractivity (Wildman–Crippen MR) is 73.6 cm³/mol. The molecule has 3 rings (SSSR count). The molecule has 0 N–H and O–H groups in total. The largest absolute Gasteiger partial charge is 0.347 e. The Kier molecular flexibility index (Phi) is 2.81. The van der Waals surface area contributed by atoms with E-state index in [0.717, 1.165) is 18.4 Å². The molecule has 0 saturated carbocycles. The highest BCUT2D eigenvalue weighted by atomic mass is 15.3. The fourth-order valence-electron chi connectivity index (χ4n) is 2.35. The van der Waals surface area contributed by atoms with E-state index < -0.39 is 0 Å². The lowest BCUT2D eigenvalue weighted by molar-refractivity contribution is 0.649. The Bertz CT molecular complexity index is 758. The Morgan fingerprint density at radius 2 is 2.16 bits per heavy atom. The summed E-state index contributed by atoms with van der Waals surface area (Å²) in [7, 11) is 1.96. The van der Waals surface area contributed by atoms with Crippen molar-refractivity contribution in [2.45, 2.75) is 13.0 Å². The lowest BCUT2D eigenvalue weighted by Crippen LogP contribution is -2.04. The summed E-state index contributed by atoms with van der Waals surface area (Å²) in [5.41, 5.74) is 3.09. The maximum atomic E-state index is 8.90. The Balaban J connectivity index is 1.86. The SMILES string of the molecule is Cn1nccc1CCn1ccc2cc(C#N)ccc21. The monoisotopic (exact) mass is 250 g/mol. The first-order chi connectivity index (χ1) is 9.28. The van der Waals surface area contributed by atoms with Crippen LogP contribution in [0, 0.1) is 11.3 Å². The zero-order valence-corrected chi connectivity index (χ0v) is 10.7. The lowest BCUT2D eigenvalue weighted by atomic mass is 10.2. The Morgan fingerprint density at radius 1 is 1.26 bits per heavy atom. The second-order valence-corrected chi connectivity index (χ2v) is 4.59. The van der Waals surface area contributed by atoms with E-state index in [0.29, 0.717) is 5.56 Å². The van der Waals surface area contributed by atoms with Gasteiger partial charge in [-0.05, 0) is 30.3 Å². The maximum absolute atomic E-state index is 8.90. The van der Waals surface area contributed by atoms with Crippen molar-refractivity contribution in [3.8, 4) is 6.07 Å². The lowest BCUT2D eigenvalue weighted by Gasteiger charge is -2.06. The molecule has 4 heteroatoms. The van der Waals surface area contributed by atoms with Crippen molar-refractivity contribution in [2.75, 3.05) is 0 Å². The number of hydrogen-bond donors (Lipinski definition) is 0. The van der Waals surface area contributed by atoms with E-state index in [9.17, 15) is 0 Å². The molecule has 0 aliphatic carbocycles. The third-order valence-electron chi connectivity index (χ3n) is 3.43. The first-order valence-electron chi connectivity index (χ1n) is 6.24. The van der Waals surface area contributed by atoms with Crippen LogP contribution in [0.4, 0.5) is 0 Å². The summed E-state index contributed by atoms with van der Waals surface area (Å²) in [5.74, 6) is 0. The number of aryl methyl sites for hydroxylation is 3. The van der Waals surface area contributed by atoms with Gasteiger partial charge in [-0.3, -0.25) is 4.68 Å². The van der Waals surface area contributed by atoms with Crippen molar-refractivity contribution in [3.05, 3.63) is 54.0 Å². The fourth-order valence-corrected chi connectivity index (χ4v) is 2.35. The molecule has 19 heavy (non-hydrogen) atoms. The van der Waals surface area contributed by atoms with Crippen molar-refractivity contribution in [2.24, 2.45) is 7.05 Å². The number of benzene rings is 1. The van der Waals surface area contributed by atoms with Gasteiger partial charge in [0.15, 0.2) is 0 Å². The van der Waals surface area contributed by atoms with Crippen LogP contribution in [0.1, 0.15) is 11.3 Å². The number of hydrogen-bond acceptors (Lipinski definition) is 2. The maximum Gasteiger partial charge on any atom is 0.0991 e. The van der Waals surface area contributed by atoms with Crippen molar-refractivity contribution >= 4 is 10.9 Å². The summed E-state index contributed by atoms with van der Waals surface area (Å²) in [6.07, 6.45) is 4.84. The number of nitrogens with zero attached hydrogens (tertiary/aromatic N) is 4. The molecule has 0 radical (unpaired) electrons. The Hall–Kier alpha value is -2.54. The first-order valence-corrected chi connectivity index (χ1v) is 6.24. The number of rotatable bonds is 3. The standard InChI is InChI=1S/C15H14N4/c1-18-14(4-7-17-18)6-9-19-8-5-13-10-12(11-16)2-3-15(13)19/h2-5,7-8,10H,6,9H2,1H3. The number of fused-ring (bicyclic) bond motifs is 1. The second kappa shape index (κ2) is 4.62. The zero-order valence-electron chi connectivity index (χ0n) is 10.7. The van der Waals surface area contributed by atoms with E-state index in [1.54, 1.807) is 0 Å². The second-order valence-electron chi connectivity index (χ2n) is 4.59. The highest BCUT2D eigenvalue weighted by Gasteiger charge is 2.04. The molecule has 0 unspecified atom stereocenters. The van der Waals surface area contributed by atoms with Crippen molar-refractivity contribution in [1.82, 2.24) is 14.3 Å². The third kappa shape index (κ3) is 2.11. The van der Waals surface area contributed by atoms with Crippen LogP contribution in [0.15, 0.2) is 42.7 Å². The molecule has 0 spiro atoms. The van der Waals surface area contributed by atoms with Crippen LogP contribution in [-0.2, 0) is 20.0 Å². The number of aromatic nitrogens is 3. The molecular formula is C15H14N4. The van der Waals surface area contributed by atoms with E-state index in [-0.39, 0.29) is 0 Å². The molecule has 0 amide bonds. The summed E-state index contributed by atoms with van der Waals surface area (Å²) in [5, 5.41) is 14.2. The topological polar surface area (TPSA) is 46.5 Å². The van der Waals surface area contributed by atoms with E-state index in [1.807, 2.05) is 42.2 Å². The summed E-state index contributed by atoms with van der Waals surface area (Å²) >= 11 is 0. The quantitative estimate of drug-likeness (QED) is 0.717. The first kappa shape index (κ1) is 11.5. The molecule has 0 bridgehead atoms. The molecule has 0 saturated heterocycles. The summed E-state index contributed by atoms with van der Waals surface area (Å²) < 4.78 is 4.11. The number of nitriles is 1. The molecule has 94 valence electrons. The van der Waals surface area contributed by atoms with Crippen LogP contribution >= 0.6 is 0 Å². The fraction of sp³-hybridized carbons (Fsp3) is 0.200. The van der Waals surface area contributed by atoms with Crippen LogP contribution in [0.25, 0.3) is 10.9 Å². The van der Waals surface area contributed by atoms with Gasteiger partial charge in [-0.2, -0.15) is 10.4 Å². The summed E-state index contributed by atoms with van der Waals surface area (Å²) in [4.78, 5) is 0. The summed E-state index contributed by atoms with van der Waals surface area (Å²) in [6, 6.07) is 12.1. The molecule has 1 aromatic carbocycles. The van der Waals surface area contributed by atoms with Gasteiger partial charge in [0.25, 0.3) is 0 Å². The minimum absolute atomic E-state index is 0.705. The molecule has 0 atom stereocenters. The Labute approximate surface area is 111 Å². The van der Waals surface area contributed by atoms with Gasteiger partial charge >= 0.3 is 0 Å². The molecular weight excluding hydrogens is 236 g/mol. The van der Waals surface area contributed by atoms with E-state index in [4.69, 9.17) is 5.26 Å². The minimum Gasteiger partial charge on any atom is -0.347 e. The smallest absolute Gasteiger partial charge is 0.0991 e. The highest BCUT2D eigenvalue weighted by Crippen LogP contribution is 2.18. The molecule has 0 fully saturated rings. The van der Waals surface area contributed by atoms with Crippen LogP contribution < -0.4 is 0 Å². The minimum atomic E-state index is 0.705. The van der Waals surface area contributed by atoms with Crippen LogP contribution in [0.3, 0.4) is 0 Å². The van der Waals surface area contributed by atoms with Gasteiger partial charge in [-0.15, -0.1) is 0 Å². The highest BCUT2D eigenvalue weighted by molar-refractivity contribution is 5.81. The van der Waals surface area contributed by atoms with Crippen LogP contribution in [-0.4, -0.2) is 14.3 Å². The molecule has 3 aromatic rings. The summed E-state index contributed by atoms with van der Waals surface area (Å²) in [6.45, 7) is 0.912. The van der Waals surface area contributed by atoms with Gasteiger partial charge in [0.05, 0.1) is 11.6 Å². The van der Waals surface area contributed by atoms with Crippen molar-refractivity contribution < 1.29 is 0 Å². The van der Waals surface area contributed by atoms with Gasteiger partial charge < -0.3 is 4.57 Å². The average molecular weight is 250 g/mol. The van der Waals surface area contributed by atoms with E-state index in [2.05, 4.69) is 28.0 Å². The van der Waals surface area contributed by atoms with Crippen LogP contribution in [0.2, 0.25) is 0 Å². The molecule has 2 heterocycles. The zero-order chi connectivity index (χ0) is 13.2. The molecule has 2 aromatic heterocycles.